The topological polar surface area (TPSA) is 63.9 Å². The van der Waals surface area contributed by atoms with E-state index in [4.69, 9.17) is 0 Å². The van der Waals surface area contributed by atoms with Crippen molar-refractivity contribution in [2.75, 3.05) is 12.3 Å². The lowest BCUT2D eigenvalue weighted by atomic mass is 10.0. The Labute approximate surface area is 146 Å². The average Bonchev–Trinajstić information content (AvgIpc) is 3.08. The number of carbonyl (C=O) groups excluding carboxylic acids is 1. The SMILES string of the molecule is CC[C@@H]1CCCCN1C(=O)CSc1nnnn1-c1cccc(C)c1. The highest BCUT2D eigenvalue weighted by Gasteiger charge is 2.25. The number of likely N-dealkylation sites (tertiary alicyclic amines) is 1. The van der Waals surface area contributed by atoms with E-state index in [-0.39, 0.29) is 5.91 Å². The Hall–Kier alpha value is -1.89. The molecule has 1 aromatic carbocycles. The number of tetrazole rings is 1. The van der Waals surface area contributed by atoms with Gasteiger partial charge in [0.2, 0.25) is 11.1 Å². The first-order valence-corrected chi connectivity index (χ1v) is 9.45. The van der Waals surface area contributed by atoms with Crippen LogP contribution in [-0.2, 0) is 4.79 Å². The molecule has 0 aliphatic carbocycles. The molecule has 0 spiro atoms. The minimum absolute atomic E-state index is 0.186. The Bertz CT molecular complexity index is 702. The van der Waals surface area contributed by atoms with Crippen LogP contribution in [0.15, 0.2) is 29.4 Å². The number of amides is 1. The second-order valence-corrected chi connectivity index (χ2v) is 7.09. The first kappa shape index (κ1) is 17.0. The maximum absolute atomic E-state index is 12.6. The summed E-state index contributed by atoms with van der Waals surface area (Å²) in [5, 5.41) is 12.6. The van der Waals surface area contributed by atoms with E-state index < -0.39 is 0 Å². The van der Waals surface area contributed by atoms with Crippen molar-refractivity contribution in [2.24, 2.45) is 0 Å². The Morgan fingerprint density at radius 2 is 2.25 bits per heavy atom. The molecule has 0 saturated carbocycles. The minimum atomic E-state index is 0.186. The van der Waals surface area contributed by atoms with Gasteiger partial charge in [0.15, 0.2) is 0 Å². The molecule has 7 heteroatoms. The van der Waals surface area contributed by atoms with Gasteiger partial charge in [-0.15, -0.1) is 5.10 Å². The average molecular weight is 345 g/mol. The van der Waals surface area contributed by atoms with E-state index in [9.17, 15) is 4.79 Å². The van der Waals surface area contributed by atoms with Gasteiger partial charge in [-0.25, -0.2) is 0 Å². The molecule has 1 saturated heterocycles. The van der Waals surface area contributed by atoms with Gasteiger partial charge in [0.05, 0.1) is 11.4 Å². The zero-order valence-electron chi connectivity index (χ0n) is 14.2. The van der Waals surface area contributed by atoms with Crippen molar-refractivity contribution in [2.45, 2.75) is 50.7 Å². The first-order chi connectivity index (χ1) is 11.7. The fourth-order valence-electron chi connectivity index (χ4n) is 3.15. The van der Waals surface area contributed by atoms with Gasteiger partial charge in [-0.05, 0) is 60.7 Å². The van der Waals surface area contributed by atoms with Crippen molar-refractivity contribution in [3.8, 4) is 5.69 Å². The van der Waals surface area contributed by atoms with E-state index in [0.717, 1.165) is 37.1 Å². The van der Waals surface area contributed by atoms with Gasteiger partial charge in [-0.2, -0.15) is 4.68 Å². The van der Waals surface area contributed by atoms with Crippen LogP contribution >= 0.6 is 11.8 Å². The minimum Gasteiger partial charge on any atom is -0.339 e. The zero-order chi connectivity index (χ0) is 16.9. The molecule has 1 atom stereocenters. The lowest BCUT2D eigenvalue weighted by Crippen LogP contribution is -2.44. The third-order valence-corrected chi connectivity index (χ3v) is 5.33. The van der Waals surface area contributed by atoms with Crippen LogP contribution in [0, 0.1) is 6.92 Å². The summed E-state index contributed by atoms with van der Waals surface area (Å²) in [4.78, 5) is 14.6. The van der Waals surface area contributed by atoms with Crippen LogP contribution in [0.3, 0.4) is 0 Å². The predicted molar refractivity (Wildman–Crippen MR) is 94.3 cm³/mol. The van der Waals surface area contributed by atoms with E-state index in [1.807, 2.05) is 36.1 Å². The van der Waals surface area contributed by atoms with Gasteiger partial charge in [0.25, 0.3) is 0 Å². The molecule has 6 nitrogen and oxygen atoms in total. The van der Waals surface area contributed by atoms with E-state index in [2.05, 4.69) is 22.4 Å². The standard InChI is InChI=1S/C17H23N5OS/c1-3-14-8-4-5-10-21(14)16(23)12-24-17-18-19-20-22(17)15-9-6-7-13(2)11-15/h6-7,9,11,14H,3-5,8,10,12H2,1-2H3/t14-/m1/s1. The van der Waals surface area contributed by atoms with Gasteiger partial charge >= 0.3 is 0 Å². The van der Waals surface area contributed by atoms with Gasteiger partial charge in [0, 0.05) is 12.6 Å². The molecule has 1 amide bonds. The van der Waals surface area contributed by atoms with Gasteiger partial charge in [-0.3, -0.25) is 4.79 Å². The Morgan fingerprint density at radius 1 is 1.38 bits per heavy atom. The lowest BCUT2D eigenvalue weighted by molar-refractivity contribution is -0.132. The molecule has 3 rings (SSSR count). The van der Waals surface area contributed by atoms with Crippen LogP contribution in [0.1, 0.15) is 38.2 Å². The zero-order valence-corrected chi connectivity index (χ0v) is 15.0. The summed E-state index contributed by atoms with van der Waals surface area (Å²) in [6.45, 7) is 5.06. The molecule has 0 N–H and O–H groups in total. The third kappa shape index (κ3) is 3.77. The summed E-state index contributed by atoms with van der Waals surface area (Å²) in [6.07, 6.45) is 4.47. The monoisotopic (exact) mass is 345 g/mol. The van der Waals surface area contributed by atoms with Crippen LogP contribution in [0.2, 0.25) is 0 Å². The molecular formula is C17H23N5OS. The Balaban J connectivity index is 1.67. The second kappa shape index (κ2) is 7.79. The van der Waals surface area contributed by atoms with Crippen LogP contribution < -0.4 is 0 Å². The molecule has 2 heterocycles. The fourth-order valence-corrected chi connectivity index (χ4v) is 3.93. The number of carbonyl (C=O) groups is 1. The smallest absolute Gasteiger partial charge is 0.233 e. The first-order valence-electron chi connectivity index (χ1n) is 8.46. The molecule has 2 aromatic rings. The number of hydrogen-bond donors (Lipinski definition) is 0. The maximum Gasteiger partial charge on any atom is 0.233 e. The van der Waals surface area contributed by atoms with Crippen LogP contribution in [0.5, 0.6) is 0 Å². The van der Waals surface area contributed by atoms with Gasteiger partial charge < -0.3 is 4.90 Å². The molecule has 1 aliphatic heterocycles. The predicted octanol–water partition coefficient (Wildman–Crippen LogP) is 2.85. The van der Waals surface area contributed by atoms with Crippen LogP contribution in [0.4, 0.5) is 0 Å². The van der Waals surface area contributed by atoms with Gasteiger partial charge in [0.1, 0.15) is 0 Å². The number of hydrogen-bond acceptors (Lipinski definition) is 5. The summed E-state index contributed by atoms with van der Waals surface area (Å²) >= 11 is 1.40. The summed E-state index contributed by atoms with van der Waals surface area (Å²) in [5.74, 6) is 0.563. The van der Waals surface area contributed by atoms with E-state index in [1.165, 1.54) is 18.2 Å². The van der Waals surface area contributed by atoms with Gasteiger partial charge in [-0.1, -0.05) is 30.8 Å². The number of rotatable bonds is 5. The molecule has 24 heavy (non-hydrogen) atoms. The second-order valence-electron chi connectivity index (χ2n) is 6.15. The fraction of sp³-hybridized carbons (Fsp3) is 0.529. The molecular weight excluding hydrogens is 322 g/mol. The van der Waals surface area contributed by atoms with Crippen molar-refractivity contribution in [3.63, 3.8) is 0 Å². The number of thioether (sulfide) groups is 1. The lowest BCUT2D eigenvalue weighted by Gasteiger charge is -2.35. The normalized spacial score (nSPS) is 17.9. The number of piperidine rings is 1. The summed E-state index contributed by atoms with van der Waals surface area (Å²) in [6, 6.07) is 8.39. The summed E-state index contributed by atoms with van der Waals surface area (Å²) < 4.78 is 1.69. The van der Waals surface area contributed by atoms with Crippen LogP contribution in [0.25, 0.3) is 5.69 Å². The third-order valence-electron chi connectivity index (χ3n) is 4.43. The highest BCUT2D eigenvalue weighted by atomic mass is 32.2. The molecule has 1 aliphatic rings. The van der Waals surface area contributed by atoms with E-state index in [0.29, 0.717) is 17.0 Å². The molecule has 1 fully saturated rings. The Kier molecular flexibility index (Phi) is 5.50. The highest BCUT2D eigenvalue weighted by molar-refractivity contribution is 7.99. The Morgan fingerprint density at radius 3 is 3.04 bits per heavy atom. The molecule has 0 unspecified atom stereocenters. The molecule has 0 bridgehead atoms. The molecule has 1 aromatic heterocycles. The largest absolute Gasteiger partial charge is 0.339 e. The summed E-state index contributed by atoms with van der Waals surface area (Å²) in [5.41, 5.74) is 2.06. The summed E-state index contributed by atoms with van der Waals surface area (Å²) in [7, 11) is 0. The number of nitrogens with zero attached hydrogens (tertiary/aromatic N) is 5. The molecule has 0 radical (unpaired) electrons. The van der Waals surface area contributed by atoms with E-state index >= 15 is 0 Å². The van der Waals surface area contributed by atoms with Crippen LogP contribution in [-0.4, -0.2) is 49.4 Å². The van der Waals surface area contributed by atoms with Crippen molar-refractivity contribution in [1.29, 1.82) is 0 Å². The van der Waals surface area contributed by atoms with Crippen molar-refractivity contribution >= 4 is 17.7 Å². The van der Waals surface area contributed by atoms with Crippen molar-refractivity contribution in [1.82, 2.24) is 25.1 Å². The van der Waals surface area contributed by atoms with Crippen molar-refractivity contribution < 1.29 is 4.79 Å². The number of aromatic nitrogens is 4. The maximum atomic E-state index is 12.6. The highest BCUT2D eigenvalue weighted by Crippen LogP contribution is 2.23. The quantitative estimate of drug-likeness (QED) is 0.780. The molecule has 128 valence electrons. The number of benzene rings is 1. The number of aryl methyl sites for hydroxylation is 1. The van der Waals surface area contributed by atoms with Crippen molar-refractivity contribution in [3.05, 3.63) is 29.8 Å². The van der Waals surface area contributed by atoms with E-state index in [1.54, 1.807) is 4.68 Å².